The van der Waals surface area contributed by atoms with Gasteiger partial charge in [0, 0.05) is 11.9 Å². The van der Waals surface area contributed by atoms with E-state index in [-0.39, 0.29) is 12.4 Å². The van der Waals surface area contributed by atoms with E-state index in [1.807, 2.05) is 0 Å². The lowest BCUT2D eigenvalue weighted by Gasteiger charge is -2.20. The summed E-state index contributed by atoms with van der Waals surface area (Å²) in [6, 6.07) is 0. The van der Waals surface area contributed by atoms with Gasteiger partial charge in [-0.2, -0.15) is 13.2 Å². The molecule has 1 aliphatic rings. The highest BCUT2D eigenvalue weighted by atomic mass is 19.4. The molecule has 0 radical (unpaired) electrons. The zero-order chi connectivity index (χ0) is 14.8. The highest BCUT2D eigenvalue weighted by molar-refractivity contribution is 5.70. The van der Waals surface area contributed by atoms with Crippen LogP contribution in [0.1, 0.15) is 23.5 Å². The second-order valence-corrected chi connectivity index (χ2v) is 4.64. The number of rotatable bonds is 4. The predicted octanol–water partition coefficient (Wildman–Crippen LogP) is 1.75. The molecule has 0 bridgehead atoms. The minimum Gasteiger partial charge on any atom is -0.481 e. The molecule has 1 aliphatic carbocycles. The van der Waals surface area contributed by atoms with Crippen molar-refractivity contribution in [1.82, 2.24) is 9.97 Å². The molecular formula is C12H13F3N2O3. The van der Waals surface area contributed by atoms with Crippen molar-refractivity contribution < 1.29 is 27.8 Å². The van der Waals surface area contributed by atoms with Gasteiger partial charge in [-0.15, -0.1) is 0 Å². The first-order valence-electron chi connectivity index (χ1n) is 6.06. The number of hydrogen-bond acceptors (Lipinski definition) is 4. The van der Waals surface area contributed by atoms with Crippen LogP contribution in [0.25, 0.3) is 0 Å². The van der Waals surface area contributed by atoms with E-state index < -0.39 is 24.7 Å². The molecule has 1 heterocycles. The van der Waals surface area contributed by atoms with Gasteiger partial charge in [-0.3, -0.25) is 4.79 Å². The molecule has 1 aromatic heterocycles. The Morgan fingerprint density at radius 1 is 1.50 bits per heavy atom. The van der Waals surface area contributed by atoms with Crippen molar-refractivity contribution in [2.75, 3.05) is 6.61 Å². The Kier molecular flexibility index (Phi) is 4.22. The van der Waals surface area contributed by atoms with Crippen molar-refractivity contribution in [3.05, 3.63) is 23.3 Å². The highest BCUT2D eigenvalue weighted by Crippen LogP contribution is 2.24. The summed E-state index contributed by atoms with van der Waals surface area (Å²) in [6.45, 7) is -1.65. The number of carbonyl (C=O) groups is 1. The van der Waals surface area contributed by atoms with Gasteiger partial charge in [-0.25, -0.2) is 9.97 Å². The van der Waals surface area contributed by atoms with Crippen molar-refractivity contribution in [3.8, 4) is 0 Å². The fourth-order valence-corrected chi connectivity index (χ4v) is 2.09. The van der Waals surface area contributed by atoms with Crippen LogP contribution in [0.4, 0.5) is 13.2 Å². The van der Waals surface area contributed by atoms with Gasteiger partial charge in [-0.1, -0.05) is 0 Å². The van der Waals surface area contributed by atoms with Gasteiger partial charge in [0.2, 0.25) is 0 Å². The first-order chi connectivity index (χ1) is 9.35. The summed E-state index contributed by atoms with van der Waals surface area (Å²) in [6.07, 6.45) is -1.58. The van der Waals surface area contributed by atoms with Crippen LogP contribution in [0.2, 0.25) is 0 Å². The Hall–Kier alpha value is -1.70. The molecule has 0 amide bonds. The summed E-state index contributed by atoms with van der Waals surface area (Å²) in [5.74, 6) is -1.12. The van der Waals surface area contributed by atoms with Gasteiger partial charge < -0.3 is 9.84 Å². The van der Waals surface area contributed by atoms with Gasteiger partial charge in [0.1, 0.15) is 13.2 Å². The number of hydrogen-bond donors (Lipinski definition) is 1. The first kappa shape index (κ1) is 14.7. The van der Waals surface area contributed by atoms with Crippen LogP contribution in [0, 0.1) is 5.92 Å². The summed E-state index contributed by atoms with van der Waals surface area (Å²) in [7, 11) is 0. The van der Waals surface area contributed by atoms with Crippen LogP contribution >= 0.6 is 0 Å². The molecule has 0 saturated heterocycles. The second-order valence-electron chi connectivity index (χ2n) is 4.64. The largest absolute Gasteiger partial charge is 0.481 e. The third kappa shape index (κ3) is 3.89. The maximum Gasteiger partial charge on any atom is 0.411 e. The van der Waals surface area contributed by atoms with Crippen LogP contribution in [-0.4, -0.2) is 33.8 Å². The molecule has 1 aromatic rings. The minimum absolute atomic E-state index is 0.182. The highest BCUT2D eigenvalue weighted by Gasteiger charge is 2.28. The molecular weight excluding hydrogens is 277 g/mol. The third-order valence-electron chi connectivity index (χ3n) is 3.05. The number of halogens is 3. The number of nitrogens with zero attached hydrogens (tertiary/aromatic N) is 2. The number of carboxylic acid groups (broad SMARTS) is 1. The Labute approximate surface area is 112 Å². The lowest BCUT2D eigenvalue weighted by atomic mass is 9.87. The molecule has 1 N–H and O–H groups in total. The van der Waals surface area contributed by atoms with E-state index in [0.717, 1.165) is 5.56 Å². The standard InChI is InChI=1S/C12H13F3N2O3/c13-12(14,15)6-20-5-10-16-4-8-3-7(11(18)19)1-2-9(8)17-10/h4,7H,1-3,5-6H2,(H,18,19). The van der Waals surface area contributed by atoms with Gasteiger partial charge in [0.15, 0.2) is 5.82 Å². The molecule has 8 heteroatoms. The van der Waals surface area contributed by atoms with E-state index in [1.54, 1.807) is 0 Å². The topological polar surface area (TPSA) is 72.3 Å². The zero-order valence-corrected chi connectivity index (χ0v) is 10.5. The lowest BCUT2D eigenvalue weighted by molar-refractivity contribution is -0.177. The van der Waals surface area contributed by atoms with Crippen LogP contribution < -0.4 is 0 Å². The average molecular weight is 290 g/mol. The Morgan fingerprint density at radius 2 is 2.25 bits per heavy atom. The zero-order valence-electron chi connectivity index (χ0n) is 10.5. The van der Waals surface area contributed by atoms with Gasteiger partial charge in [0.25, 0.3) is 0 Å². The van der Waals surface area contributed by atoms with E-state index in [1.165, 1.54) is 6.20 Å². The molecule has 2 rings (SSSR count). The maximum absolute atomic E-state index is 11.9. The van der Waals surface area contributed by atoms with E-state index in [0.29, 0.717) is 25.0 Å². The number of aliphatic carboxylic acids is 1. The van der Waals surface area contributed by atoms with Gasteiger partial charge in [-0.05, 0) is 24.8 Å². The van der Waals surface area contributed by atoms with Crippen LogP contribution in [-0.2, 0) is 29.0 Å². The van der Waals surface area contributed by atoms with Crippen LogP contribution in [0.3, 0.4) is 0 Å². The first-order valence-corrected chi connectivity index (χ1v) is 6.06. The molecule has 20 heavy (non-hydrogen) atoms. The summed E-state index contributed by atoms with van der Waals surface area (Å²) in [5.41, 5.74) is 1.44. The number of aryl methyl sites for hydroxylation is 1. The molecule has 0 aliphatic heterocycles. The third-order valence-corrected chi connectivity index (χ3v) is 3.05. The summed E-state index contributed by atoms with van der Waals surface area (Å²) < 4.78 is 40.3. The predicted molar refractivity (Wildman–Crippen MR) is 60.9 cm³/mol. The van der Waals surface area contributed by atoms with E-state index >= 15 is 0 Å². The summed E-state index contributed by atoms with van der Waals surface area (Å²) in [5, 5.41) is 8.94. The molecule has 1 unspecified atom stereocenters. The van der Waals surface area contributed by atoms with Crippen molar-refractivity contribution in [3.63, 3.8) is 0 Å². The van der Waals surface area contributed by atoms with E-state index in [2.05, 4.69) is 14.7 Å². The number of carboxylic acids is 1. The number of aromatic nitrogens is 2. The fourth-order valence-electron chi connectivity index (χ4n) is 2.09. The van der Waals surface area contributed by atoms with Crippen LogP contribution in [0.15, 0.2) is 6.20 Å². The quantitative estimate of drug-likeness (QED) is 0.914. The molecule has 110 valence electrons. The molecule has 1 atom stereocenters. The Balaban J connectivity index is 1.97. The summed E-state index contributed by atoms with van der Waals surface area (Å²) in [4.78, 5) is 18.9. The molecule has 0 fully saturated rings. The van der Waals surface area contributed by atoms with Gasteiger partial charge >= 0.3 is 12.1 Å². The minimum atomic E-state index is -4.37. The monoisotopic (exact) mass is 290 g/mol. The van der Waals surface area contributed by atoms with Gasteiger partial charge in [0.05, 0.1) is 5.92 Å². The molecule has 0 aromatic carbocycles. The molecule has 0 saturated carbocycles. The van der Waals surface area contributed by atoms with E-state index in [4.69, 9.17) is 5.11 Å². The lowest BCUT2D eigenvalue weighted by Crippen LogP contribution is -2.24. The smallest absolute Gasteiger partial charge is 0.411 e. The number of ether oxygens (including phenoxy) is 1. The van der Waals surface area contributed by atoms with Crippen molar-refractivity contribution >= 4 is 5.97 Å². The average Bonchev–Trinajstić information content (AvgIpc) is 2.36. The summed E-state index contributed by atoms with van der Waals surface area (Å²) >= 11 is 0. The normalized spacial score (nSPS) is 18.6. The van der Waals surface area contributed by atoms with Crippen molar-refractivity contribution in [2.24, 2.45) is 5.92 Å². The SMILES string of the molecule is O=C(O)C1CCc2nc(COCC(F)(F)F)ncc2C1. The number of alkyl halides is 3. The van der Waals surface area contributed by atoms with Crippen molar-refractivity contribution in [2.45, 2.75) is 32.0 Å². The molecule has 5 nitrogen and oxygen atoms in total. The maximum atomic E-state index is 11.9. The number of fused-ring (bicyclic) bond motifs is 1. The Morgan fingerprint density at radius 3 is 2.90 bits per heavy atom. The fraction of sp³-hybridized carbons (Fsp3) is 0.583. The Bertz CT molecular complexity index is 505. The van der Waals surface area contributed by atoms with Crippen molar-refractivity contribution in [1.29, 1.82) is 0 Å². The second kappa shape index (κ2) is 5.74. The molecule has 0 spiro atoms. The van der Waals surface area contributed by atoms with Crippen LogP contribution in [0.5, 0.6) is 0 Å². The van der Waals surface area contributed by atoms with E-state index in [9.17, 15) is 18.0 Å².